The molecule has 3 aromatic heterocycles. The Morgan fingerprint density at radius 1 is 0.935 bits per heavy atom. The lowest BCUT2D eigenvalue weighted by Crippen LogP contribution is -2.28. The maximum Gasteiger partial charge on any atom is 0.455 e. The number of carbonyl (C=O) groups excluding carboxylic acids is 2. The number of hydrogen-bond acceptors (Lipinski definition) is 5. The van der Waals surface area contributed by atoms with Gasteiger partial charge < -0.3 is 0 Å². The first-order valence-corrected chi connectivity index (χ1v) is 10.7. The predicted octanol–water partition coefficient (Wildman–Crippen LogP) is 6.06. The molecule has 0 aliphatic carbocycles. The van der Waals surface area contributed by atoms with Crippen molar-refractivity contribution in [2.24, 2.45) is 0 Å². The van der Waals surface area contributed by atoms with E-state index in [1.54, 1.807) is 41.8 Å². The average Bonchev–Trinajstić information content (AvgIpc) is 3.52. The largest absolute Gasteiger partial charge is 0.455 e. The minimum atomic E-state index is -5.18. The van der Waals surface area contributed by atoms with Gasteiger partial charge in [-0.05, 0) is 41.1 Å². The number of aromatic nitrogens is 2. The van der Waals surface area contributed by atoms with E-state index in [4.69, 9.17) is 0 Å². The summed E-state index contributed by atoms with van der Waals surface area (Å²) in [4.78, 5) is 25.7. The van der Waals surface area contributed by atoms with Crippen LogP contribution in [0.25, 0.3) is 22.3 Å². The zero-order valence-electron chi connectivity index (χ0n) is 15.7. The van der Waals surface area contributed by atoms with E-state index < -0.39 is 23.3 Å². The molecule has 3 heterocycles. The van der Waals surface area contributed by atoms with Crippen LogP contribution in [0.1, 0.15) is 15.2 Å². The molecular weight excluding hydrogens is 445 g/mol. The molecule has 0 fully saturated rings. The fourth-order valence-corrected chi connectivity index (χ4v) is 4.30. The van der Waals surface area contributed by atoms with Gasteiger partial charge >= 0.3 is 6.18 Å². The summed E-state index contributed by atoms with van der Waals surface area (Å²) in [5, 5.41) is 7.87. The van der Waals surface area contributed by atoms with Crippen molar-refractivity contribution in [2.75, 3.05) is 0 Å². The zero-order valence-corrected chi connectivity index (χ0v) is 17.3. The van der Waals surface area contributed by atoms with Gasteiger partial charge in [0.15, 0.2) is 0 Å². The second-order valence-electron chi connectivity index (χ2n) is 6.38. The third kappa shape index (κ3) is 4.42. The van der Waals surface area contributed by atoms with E-state index in [0.29, 0.717) is 16.3 Å². The quantitative estimate of drug-likeness (QED) is 0.153. The molecule has 1 aromatic carbocycles. The first kappa shape index (κ1) is 21.0. The molecule has 4 nitrogen and oxygen atoms in total. The molecular formula is C22H13F3N2O2S2. The summed E-state index contributed by atoms with van der Waals surface area (Å²) in [5.74, 6) is -3.16. The molecule has 0 saturated carbocycles. The Kier molecular flexibility index (Phi) is 5.71. The van der Waals surface area contributed by atoms with Crippen LogP contribution in [0.3, 0.4) is 0 Å². The number of carbonyl (C=O) groups is 2. The number of rotatable bonds is 6. The van der Waals surface area contributed by atoms with E-state index in [0.717, 1.165) is 17.4 Å². The third-order valence-corrected chi connectivity index (χ3v) is 6.05. The minimum Gasteiger partial charge on any atom is -0.288 e. The predicted molar refractivity (Wildman–Crippen MR) is 115 cm³/mol. The Morgan fingerprint density at radius 3 is 2.26 bits per heavy atom. The minimum absolute atomic E-state index is 0.0528. The smallest absolute Gasteiger partial charge is 0.288 e. The van der Waals surface area contributed by atoms with Gasteiger partial charge in [0.25, 0.3) is 5.78 Å². The van der Waals surface area contributed by atoms with Crippen molar-refractivity contribution in [3.8, 4) is 16.3 Å². The van der Waals surface area contributed by atoms with Gasteiger partial charge in [-0.2, -0.15) is 18.3 Å². The van der Waals surface area contributed by atoms with Gasteiger partial charge in [0.05, 0.1) is 21.0 Å². The van der Waals surface area contributed by atoms with E-state index in [1.165, 1.54) is 34.3 Å². The monoisotopic (exact) mass is 458 g/mol. The molecule has 31 heavy (non-hydrogen) atoms. The van der Waals surface area contributed by atoms with Gasteiger partial charge in [0.1, 0.15) is 5.69 Å². The molecule has 0 unspecified atom stereocenters. The summed E-state index contributed by atoms with van der Waals surface area (Å²) in [5.41, 5.74) is 0.364. The number of alkyl halides is 3. The molecule has 0 radical (unpaired) electrons. The highest BCUT2D eigenvalue weighted by Gasteiger charge is 2.43. The first-order chi connectivity index (χ1) is 14.8. The van der Waals surface area contributed by atoms with Crippen LogP contribution < -0.4 is 0 Å². The van der Waals surface area contributed by atoms with Crippen LogP contribution in [0.2, 0.25) is 0 Å². The van der Waals surface area contributed by atoms with Crippen molar-refractivity contribution in [3.05, 3.63) is 87.6 Å². The van der Waals surface area contributed by atoms with Gasteiger partial charge in [-0.1, -0.05) is 30.3 Å². The number of halogens is 3. The van der Waals surface area contributed by atoms with Gasteiger partial charge in [0, 0.05) is 11.8 Å². The topological polar surface area (TPSA) is 52.0 Å². The van der Waals surface area contributed by atoms with E-state index in [2.05, 4.69) is 5.10 Å². The molecule has 0 saturated heterocycles. The van der Waals surface area contributed by atoms with Crippen LogP contribution >= 0.6 is 22.7 Å². The standard InChI is InChI=1S/C22H13F3N2O2S2/c23-22(24,25)21(29)16(20(28)18-9-5-11-31-18)12-14-13-27(15-6-2-1-3-7-15)26-19(14)17-8-4-10-30-17/h1-13H/b16-12+. The molecule has 0 atom stereocenters. The Balaban J connectivity index is 1.89. The Bertz CT molecular complexity index is 1240. The first-order valence-electron chi connectivity index (χ1n) is 8.95. The second kappa shape index (κ2) is 8.44. The summed E-state index contributed by atoms with van der Waals surface area (Å²) in [6, 6.07) is 15.5. The number of hydrogen-bond donors (Lipinski definition) is 0. The average molecular weight is 458 g/mol. The van der Waals surface area contributed by atoms with Crippen LogP contribution in [0.4, 0.5) is 13.2 Å². The second-order valence-corrected chi connectivity index (χ2v) is 8.28. The molecule has 4 rings (SSSR count). The fourth-order valence-electron chi connectivity index (χ4n) is 2.89. The molecule has 0 aliphatic heterocycles. The molecule has 9 heteroatoms. The maximum atomic E-state index is 13.3. The van der Waals surface area contributed by atoms with E-state index >= 15 is 0 Å². The maximum absolute atomic E-state index is 13.3. The normalized spacial score (nSPS) is 12.2. The van der Waals surface area contributed by atoms with Gasteiger partial charge in [0.2, 0.25) is 5.78 Å². The molecule has 0 amide bonds. The van der Waals surface area contributed by atoms with Crippen LogP contribution in [-0.4, -0.2) is 27.5 Å². The number of para-hydroxylation sites is 1. The lowest BCUT2D eigenvalue weighted by molar-refractivity contribution is -0.166. The van der Waals surface area contributed by atoms with Crippen molar-refractivity contribution in [3.63, 3.8) is 0 Å². The third-order valence-electron chi connectivity index (χ3n) is 4.31. The van der Waals surface area contributed by atoms with Crippen LogP contribution in [-0.2, 0) is 4.79 Å². The Morgan fingerprint density at radius 2 is 1.65 bits per heavy atom. The van der Waals surface area contributed by atoms with Crippen molar-refractivity contribution in [2.45, 2.75) is 6.18 Å². The van der Waals surface area contributed by atoms with Gasteiger partial charge in [-0.25, -0.2) is 4.68 Å². The van der Waals surface area contributed by atoms with Crippen LogP contribution in [0, 0.1) is 0 Å². The number of Topliss-reactive ketones (excluding diaryl/α,β-unsaturated/α-hetero) is 2. The van der Waals surface area contributed by atoms with Crippen molar-refractivity contribution in [1.29, 1.82) is 0 Å². The van der Waals surface area contributed by atoms with Crippen LogP contribution in [0.15, 0.2) is 77.1 Å². The van der Waals surface area contributed by atoms with Gasteiger partial charge in [-0.3, -0.25) is 9.59 Å². The number of ketones is 2. The van der Waals surface area contributed by atoms with Crippen LogP contribution in [0.5, 0.6) is 0 Å². The molecule has 0 aliphatic rings. The van der Waals surface area contributed by atoms with E-state index in [1.807, 2.05) is 11.4 Å². The molecule has 0 N–H and O–H groups in total. The molecule has 4 aromatic rings. The highest BCUT2D eigenvalue weighted by Crippen LogP contribution is 2.32. The molecule has 156 valence electrons. The summed E-state index contributed by atoms with van der Waals surface area (Å²) in [6.07, 6.45) is -2.69. The van der Waals surface area contributed by atoms with E-state index in [-0.39, 0.29) is 10.4 Å². The van der Waals surface area contributed by atoms with E-state index in [9.17, 15) is 22.8 Å². The molecule has 0 spiro atoms. The number of nitrogens with zero attached hydrogens (tertiary/aromatic N) is 2. The Hall–Kier alpha value is -3.30. The number of thiophene rings is 2. The van der Waals surface area contributed by atoms with Gasteiger partial charge in [-0.15, -0.1) is 22.7 Å². The highest BCUT2D eigenvalue weighted by atomic mass is 32.1. The van der Waals surface area contributed by atoms with Crippen molar-refractivity contribution >= 4 is 40.3 Å². The number of allylic oxidation sites excluding steroid dienone is 1. The van der Waals surface area contributed by atoms with Crippen molar-refractivity contribution < 1.29 is 22.8 Å². The fraction of sp³-hybridized carbons (Fsp3) is 0.0455. The summed E-state index contributed by atoms with van der Waals surface area (Å²) in [6.45, 7) is 0. The highest BCUT2D eigenvalue weighted by molar-refractivity contribution is 7.13. The summed E-state index contributed by atoms with van der Waals surface area (Å²) in [7, 11) is 0. The molecule has 0 bridgehead atoms. The lowest BCUT2D eigenvalue weighted by atomic mass is 10.0. The Labute approximate surface area is 182 Å². The lowest BCUT2D eigenvalue weighted by Gasteiger charge is -2.08. The summed E-state index contributed by atoms with van der Waals surface area (Å²) >= 11 is 2.32. The summed E-state index contributed by atoms with van der Waals surface area (Å²) < 4.78 is 41.4. The van der Waals surface area contributed by atoms with Crippen molar-refractivity contribution in [1.82, 2.24) is 9.78 Å². The zero-order chi connectivity index (χ0) is 22.0. The SMILES string of the molecule is O=C(/C(=C\c1cn(-c2ccccc2)nc1-c1cccs1)C(=O)C(F)(F)F)c1cccs1. The number of benzene rings is 1.